The molecule has 0 aliphatic carbocycles. The number of rotatable bonds is 4. The number of nitrogens with one attached hydrogen (secondary N) is 3. The number of imidazole rings is 1. The zero-order chi connectivity index (χ0) is 14.4. The molecule has 1 saturated heterocycles. The zero-order valence-electron chi connectivity index (χ0n) is 11.1. The first kappa shape index (κ1) is 14.3. The smallest absolute Gasteiger partial charge is 0.326 e. The van der Waals surface area contributed by atoms with Gasteiger partial charge in [0, 0.05) is 37.9 Å². The highest BCUT2D eigenvalue weighted by Crippen LogP contribution is 2.02. The zero-order valence-corrected chi connectivity index (χ0v) is 11.1. The number of carbonyl (C=O) groups excluding carboxylic acids is 1. The second-order valence-corrected chi connectivity index (χ2v) is 4.71. The number of aromatic amines is 1. The summed E-state index contributed by atoms with van der Waals surface area (Å²) in [6.45, 7) is 2.82. The minimum atomic E-state index is -1.05. The fourth-order valence-corrected chi connectivity index (χ4v) is 2.11. The molecule has 2 amide bonds. The summed E-state index contributed by atoms with van der Waals surface area (Å²) in [6, 6.07) is -1.29. The maximum atomic E-state index is 12.1. The van der Waals surface area contributed by atoms with E-state index < -0.39 is 12.0 Å². The predicted molar refractivity (Wildman–Crippen MR) is 71.3 cm³/mol. The minimum Gasteiger partial charge on any atom is -0.480 e. The summed E-state index contributed by atoms with van der Waals surface area (Å²) >= 11 is 0. The normalized spacial score (nSPS) is 17.3. The summed E-state index contributed by atoms with van der Waals surface area (Å²) < 4.78 is 0. The quantitative estimate of drug-likeness (QED) is 0.589. The van der Waals surface area contributed by atoms with Gasteiger partial charge in [-0.25, -0.2) is 14.6 Å². The molecule has 0 saturated carbocycles. The molecule has 110 valence electrons. The first-order valence-electron chi connectivity index (χ1n) is 6.63. The topological polar surface area (TPSA) is 110 Å². The van der Waals surface area contributed by atoms with Crippen molar-refractivity contribution in [1.82, 2.24) is 25.5 Å². The van der Waals surface area contributed by atoms with Crippen molar-refractivity contribution in [3.8, 4) is 0 Å². The van der Waals surface area contributed by atoms with Crippen LogP contribution in [-0.4, -0.2) is 64.2 Å². The van der Waals surface area contributed by atoms with Crippen LogP contribution in [-0.2, 0) is 11.2 Å². The van der Waals surface area contributed by atoms with Gasteiger partial charge in [-0.2, -0.15) is 0 Å². The number of aliphatic carboxylic acids is 1. The summed E-state index contributed by atoms with van der Waals surface area (Å²) in [5.74, 6) is -1.05. The van der Waals surface area contributed by atoms with Gasteiger partial charge in [0.25, 0.3) is 0 Å². The van der Waals surface area contributed by atoms with E-state index in [1.807, 2.05) is 0 Å². The second kappa shape index (κ2) is 6.90. The largest absolute Gasteiger partial charge is 0.480 e. The number of carbonyl (C=O) groups is 2. The molecule has 4 N–H and O–H groups in total. The number of urea groups is 1. The first-order valence-corrected chi connectivity index (χ1v) is 6.63. The minimum absolute atomic E-state index is 0.188. The SMILES string of the molecule is O=C(O)C(Cc1cnc[nH]1)NC(=O)N1CCCNCC1. The molecular weight excluding hydrogens is 262 g/mol. The van der Waals surface area contributed by atoms with Gasteiger partial charge in [0.2, 0.25) is 0 Å². The highest BCUT2D eigenvalue weighted by molar-refractivity contribution is 5.82. The van der Waals surface area contributed by atoms with Gasteiger partial charge in [-0.1, -0.05) is 0 Å². The van der Waals surface area contributed by atoms with Crippen LogP contribution in [0.15, 0.2) is 12.5 Å². The molecule has 1 aromatic rings. The average Bonchev–Trinajstić information content (AvgIpc) is 2.77. The van der Waals surface area contributed by atoms with E-state index >= 15 is 0 Å². The van der Waals surface area contributed by atoms with Crippen molar-refractivity contribution in [3.63, 3.8) is 0 Å². The van der Waals surface area contributed by atoms with Crippen LogP contribution < -0.4 is 10.6 Å². The number of aromatic nitrogens is 2. The Balaban J connectivity index is 1.93. The molecule has 2 heterocycles. The van der Waals surface area contributed by atoms with Gasteiger partial charge < -0.3 is 25.6 Å². The Hall–Kier alpha value is -2.09. The highest BCUT2D eigenvalue weighted by atomic mass is 16.4. The second-order valence-electron chi connectivity index (χ2n) is 4.71. The van der Waals surface area contributed by atoms with Gasteiger partial charge in [0.05, 0.1) is 6.33 Å². The number of H-pyrrole nitrogens is 1. The summed E-state index contributed by atoms with van der Waals surface area (Å²) in [6.07, 6.45) is 4.09. The molecule has 0 radical (unpaired) electrons. The van der Waals surface area contributed by atoms with Gasteiger partial charge in [-0.15, -0.1) is 0 Å². The van der Waals surface area contributed by atoms with E-state index in [-0.39, 0.29) is 12.5 Å². The maximum Gasteiger partial charge on any atom is 0.326 e. The molecule has 1 aliphatic heterocycles. The third-order valence-electron chi connectivity index (χ3n) is 3.20. The van der Waals surface area contributed by atoms with Gasteiger partial charge in [0.15, 0.2) is 0 Å². The summed E-state index contributed by atoms with van der Waals surface area (Å²) in [5, 5.41) is 15.0. The van der Waals surface area contributed by atoms with Crippen LogP contribution in [0.3, 0.4) is 0 Å². The Morgan fingerprint density at radius 3 is 3.00 bits per heavy atom. The molecule has 1 aliphatic rings. The van der Waals surface area contributed by atoms with E-state index in [1.54, 1.807) is 11.1 Å². The van der Waals surface area contributed by atoms with Crippen molar-refractivity contribution in [2.75, 3.05) is 26.2 Å². The lowest BCUT2D eigenvalue weighted by Gasteiger charge is -2.23. The van der Waals surface area contributed by atoms with Crippen molar-refractivity contribution in [1.29, 1.82) is 0 Å². The number of carboxylic acid groups (broad SMARTS) is 1. The Bertz CT molecular complexity index is 440. The number of carboxylic acids is 1. The Morgan fingerprint density at radius 1 is 1.45 bits per heavy atom. The van der Waals surface area contributed by atoms with Crippen LogP contribution in [0.1, 0.15) is 12.1 Å². The van der Waals surface area contributed by atoms with E-state index in [4.69, 9.17) is 0 Å². The van der Waals surface area contributed by atoms with Crippen molar-refractivity contribution in [2.24, 2.45) is 0 Å². The molecule has 20 heavy (non-hydrogen) atoms. The lowest BCUT2D eigenvalue weighted by Crippen LogP contribution is -2.49. The number of hydrogen-bond donors (Lipinski definition) is 4. The molecule has 1 fully saturated rings. The van der Waals surface area contributed by atoms with Crippen molar-refractivity contribution >= 4 is 12.0 Å². The van der Waals surface area contributed by atoms with Crippen LogP contribution >= 0.6 is 0 Å². The van der Waals surface area contributed by atoms with Crippen LogP contribution in [0.2, 0.25) is 0 Å². The summed E-state index contributed by atoms with van der Waals surface area (Å²) in [7, 11) is 0. The average molecular weight is 281 g/mol. The van der Waals surface area contributed by atoms with Gasteiger partial charge in [0.1, 0.15) is 6.04 Å². The van der Waals surface area contributed by atoms with E-state index in [9.17, 15) is 14.7 Å². The first-order chi connectivity index (χ1) is 9.66. The van der Waals surface area contributed by atoms with Crippen LogP contribution in [0.4, 0.5) is 4.79 Å². The van der Waals surface area contributed by atoms with Crippen molar-refractivity contribution in [2.45, 2.75) is 18.9 Å². The van der Waals surface area contributed by atoms with E-state index in [1.165, 1.54) is 6.33 Å². The lowest BCUT2D eigenvalue weighted by molar-refractivity contribution is -0.139. The van der Waals surface area contributed by atoms with E-state index in [0.717, 1.165) is 19.5 Å². The molecule has 1 atom stereocenters. The molecule has 8 nitrogen and oxygen atoms in total. The highest BCUT2D eigenvalue weighted by Gasteiger charge is 2.24. The van der Waals surface area contributed by atoms with E-state index in [2.05, 4.69) is 20.6 Å². The Labute approximate surface area is 116 Å². The van der Waals surface area contributed by atoms with Crippen LogP contribution in [0.5, 0.6) is 0 Å². The van der Waals surface area contributed by atoms with E-state index in [0.29, 0.717) is 18.8 Å². The lowest BCUT2D eigenvalue weighted by atomic mass is 10.1. The van der Waals surface area contributed by atoms with Gasteiger partial charge >= 0.3 is 12.0 Å². The molecule has 1 aromatic heterocycles. The van der Waals surface area contributed by atoms with Gasteiger partial charge in [-0.05, 0) is 13.0 Å². The summed E-state index contributed by atoms with van der Waals surface area (Å²) in [5.41, 5.74) is 0.676. The Morgan fingerprint density at radius 2 is 2.30 bits per heavy atom. The number of amides is 2. The maximum absolute atomic E-state index is 12.1. The van der Waals surface area contributed by atoms with Gasteiger partial charge in [-0.3, -0.25) is 0 Å². The monoisotopic (exact) mass is 281 g/mol. The number of hydrogen-bond acceptors (Lipinski definition) is 4. The summed E-state index contributed by atoms with van der Waals surface area (Å²) in [4.78, 5) is 31.6. The molecule has 0 spiro atoms. The fraction of sp³-hybridized carbons (Fsp3) is 0.583. The fourth-order valence-electron chi connectivity index (χ4n) is 2.11. The molecule has 8 heteroatoms. The third-order valence-corrected chi connectivity index (χ3v) is 3.20. The molecular formula is C12H19N5O3. The van der Waals surface area contributed by atoms with Crippen LogP contribution in [0.25, 0.3) is 0 Å². The third kappa shape index (κ3) is 3.95. The molecule has 2 rings (SSSR count). The number of nitrogens with zero attached hydrogens (tertiary/aromatic N) is 2. The standard InChI is InChI=1S/C12H19N5O3/c18-11(19)10(6-9-7-14-8-15-9)16-12(20)17-4-1-2-13-3-5-17/h7-8,10,13H,1-6H2,(H,14,15)(H,16,20)(H,18,19). The predicted octanol–water partition coefficient (Wildman–Crippen LogP) is -0.590. The Kier molecular flexibility index (Phi) is 4.94. The molecule has 1 unspecified atom stereocenters. The van der Waals surface area contributed by atoms with Crippen molar-refractivity contribution in [3.05, 3.63) is 18.2 Å². The van der Waals surface area contributed by atoms with Crippen molar-refractivity contribution < 1.29 is 14.7 Å². The van der Waals surface area contributed by atoms with Crippen LogP contribution in [0, 0.1) is 0 Å². The molecule has 0 bridgehead atoms. The molecule has 0 aromatic carbocycles.